The van der Waals surface area contributed by atoms with Crippen LogP contribution in [0.4, 0.5) is 0 Å². The summed E-state index contributed by atoms with van der Waals surface area (Å²) in [5.41, 5.74) is -0.301. The molecule has 11 nitrogen and oxygen atoms in total. The number of fused-ring (bicyclic) bond motifs is 1. The molecule has 0 amide bonds. The fourth-order valence-corrected chi connectivity index (χ4v) is 2.99. The zero-order valence-corrected chi connectivity index (χ0v) is 14.0. The van der Waals surface area contributed by atoms with Gasteiger partial charge in [0.15, 0.2) is 28.7 Å². The van der Waals surface area contributed by atoms with Crippen molar-refractivity contribution in [3.8, 4) is 0 Å². The maximum Gasteiger partial charge on any atom is 0.337 e. The van der Waals surface area contributed by atoms with Crippen molar-refractivity contribution >= 4 is 28.9 Å². The molecule has 1 fully saturated rings. The predicted octanol–water partition coefficient (Wildman–Crippen LogP) is -2.01. The summed E-state index contributed by atoms with van der Waals surface area (Å²) in [4.78, 5) is 34.2. The quantitative estimate of drug-likeness (QED) is 0.268. The van der Waals surface area contributed by atoms with E-state index in [2.05, 4.69) is 19.7 Å². The highest BCUT2D eigenvalue weighted by Gasteiger charge is 2.49. The maximum atomic E-state index is 12.0. The summed E-state index contributed by atoms with van der Waals surface area (Å²) < 4.78 is 11.1. The number of hydrogen-bond acceptors (Lipinski definition) is 10. The van der Waals surface area contributed by atoms with Crippen LogP contribution >= 0.6 is 11.8 Å². The van der Waals surface area contributed by atoms with Gasteiger partial charge in [-0.3, -0.25) is 14.3 Å². The summed E-state index contributed by atoms with van der Waals surface area (Å²) >= 11 is 1.20. The van der Waals surface area contributed by atoms with Gasteiger partial charge in [0.25, 0.3) is 5.56 Å². The first kappa shape index (κ1) is 17.8. The summed E-state index contributed by atoms with van der Waals surface area (Å²) in [6.45, 7) is 0. The van der Waals surface area contributed by atoms with E-state index in [-0.39, 0.29) is 11.2 Å². The molecule has 0 saturated carbocycles. The summed E-state index contributed by atoms with van der Waals surface area (Å²) in [6.07, 6.45) is -4.49. The van der Waals surface area contributed by atoms with Crippen LogP contribution < -0.4 is 5.56 Å². The van der Waals surface area contributed by atoms with Gasteiger partial charge in [0.1, 0.15) is 18.3 Å². The van der Waals surface area contributed by atoms with Crippen molar-refractivity contribution in [1.82, 2.24) is 19.5 Å². The number of carbonyl (C=O) groups is 1. The van der Waals surface area contributed by atoms with Crippen LogP contribution in [0.1, 0.15) is 6.23 Å². The molecule has 4 N–H and O–H groups in total. The second-order valence-electron chi connectivity index (χ2n) is 5.34. The highest BCUT2D eigenvalue weighted by atomic mass is 32.2. The molecule has 5 atom stereocenters. The lowest BCUT2D eigenvalue weighted by Gasteiger charge is -2.18. The Bertz CT molecular complexity index is 853. The van der Waals surface area contributed by atoms with Crippen molar-refractivity contribution in [3.05, 3.63) is 16.7 Å². The molecule has 0 aliphatic carbocycles. The second-order valence-corrected chi connectivity index (χ2v) is 6.13. The topological polar surface area (TPSA) is 160 Å². The molecule has 3 rings (SSSR count). The van der Waals surface area contributed by atoms with Crippen LogP contribution in [0.15, 0.2) is 16.3 Å². The number of H-pyrrole nitrogens is 1. The SMILES string of the molecule is COC(=O)C(O)[C@H]1O[C@@H](n2cnc3c(=O)[nH]c(SC)nc32)[C@H](O)[C@@H]1O. The summed E-state index contributed by atoms with van der Waals surface area (Å²) in [6, 6.07) is 0. The van der Waals surface area contributed by atoms with Crippen LogP contribution in [-0.4, -0.2) is 78.6 Å². The van der Waals surface area contributed by atoms with Crippen molar-refractivity contribution in [1.29, 1.82) is 0 Å². The molecule has 1 unspecified atom stereocenters. The van der Waals surface area contributed by atoms with E-state index in [0.717, 1.165) is 7.11 Å². The molecular weight excluding hydrogens is 356 g/mol. The first-order valence-corrected chi connectivity index (χ1v) is 8.39. The van der Waals surface area contributed by atoms with E-state index >= 15 is 0 Å². The van der Waals surface area contributed by atoms with Gasteiger partial charge in [-0.1, -0.05) is 11.8 Å². The highest BCUT2D eigenvalue weighted by Crippen LogP contribution is 2.32. The fraction of sp³-hybridized carbons (Fsp3) is 0.538. The van der Waals surface area contributed by atoms with Gasteiger partial charge >= 0.3 is 5.97 Å². The minimum Gasteiger partial charge on any atom is -0.467 e. The molecule has 1 aliphatic rings. The number of ether oxygens (including phenoxy) is 2. The number of hydrogen-bond donors (Lipinski definition) is 4. The van der Waals surface area contributed by atoms with Crippen molar-refractivity contribution in [2.75, 3.05) is 13.4 Å². The number of thioether (sulfide) groups is 1. The average Bonchev–Trinajstić information content (AvgIpc) is 3.15. The number of esters is 1. The summed E-state index contributed by atoms with van der Waals surface area (Å²) in [5.74, 6) is -1.01. The smallest absolute Gasteiger partial charge is 0.337 e. The molecule has 0 radical (unpaired) electrons. The molecule has 2 aromatic rings. The molecular formula is C13H16N4O7S. The third kappa shape index (κ3) is 2.91. The van der Waals surface area contributed by atoms with Gasteiger partial charge in [-0.25, -0.2) is 14.8 Å². The summed E-state index contributed by atoms with van der Waals surface area (Å²) in [5, 5.41) is 30.6. The van der Waals surface area contributed by atoms with Gasteiger partial charge in [-0.2, -0.15) is 0 Å². The Hall–Kier alpha value is -1.99. The number of aliphatic hydroxyl groups is 3. The number of aromatic nitrogens is 4. The minimum atomic E-state index is -1.78. The van der Waals surface area contributed by atoms with E-state index in [1.165, 1.54) is 22.7 Å². The van der Waals surface area contributed by atoms with Gasteiger partial charge in [-0.15, -0.1) is 0 Å². The van der Waals surface area contributed by atoms with Gasteiger partial charge in [0.05, 0.1) is 13.4 Å². The molecule has 136 valence electrons. The molecule has 12 heteroatoms. The van der Waals surface area contributed by atoms with Crippen LogP contribution in [0.5, 0.6) is 0 Å². The first-order valence-electron chi connectivity index (χ1n) is 7.17. The number of nitrogens with zero attached hydrogens (tertiary/aromatic N) is 3. The number of imidazole rings is 1. The Morgan fingerprint density at radius 2 is 2.20 bits per heavy atom. The number of methoxy groups -OCH3 is 1. The largest absolute Gasteiger partial charge is 0.467 e. The van der Waals surface area contributed by atoms with Crippen molar-refractivity contribution in [2.24, 2.45) is 0 Å². The first-order chi connectivity index (χ1) is 11.9. The van der Waals surface area contributed by atoms with Crippen molar-refractivity contribution in [2.45, 2.75) is 35.8 Å². The minimum absolute atomic E-state index is 0.0278. The van der Waals surface area contributed by atoms with Gasteiger partial charge in [-0.05, 0) is 6.26 Å². The molecule has 0 spiro atoms. The van der Waals surface area contributed by atoms with E-state index < -0.39 is 42.2 Å². The zero-order chi connectivity index (χ0) is 18.3. The average molecular weight is 372 g/mol. The Morgan fingerprint density at radius 1 is 1.48 bits per heavy atom. The number of rotatable bonds is 4. The normalized spacial score (nSPS) is 27.6. The highest BCUT2D eigenvalue weighted by molar-refractivity contribution is 7.98. The molecule has 1 aliphatic heterocycles. The molecule has 1 saturated heterocycles. The van der Waals surface area contributed by atoms with Crippen LogP contribution in [0, 0.1) is 0 Å². The second kappa shape index (κ2) is 6.72. The number of aliphatic hydroxyl groups excluding tert-OH is 3. The lowest BCUT2D eigenvalue weighted by molar-refractivity contribution is -0.163. The number of carbonyl (C=O) groups excluding carboxylic acids is 1. The summed E-state index contributed by atoms with van der Waals surface area (Å²) in [7, 11) is 1.07. The van der Waals surface area contributed by atoms with Crippen molar-refractivity contribution in [3.63, 3.8) is 0 Å². The molecule has 25 heavy (non-hydrogen) atoms. The van der Waals surface area contributed by atoms with Crippen LogP contribution in [0.2, 0.25) is 0 Å². The predicted molar refractivity (Wildman–Crippen MR) is 83.9 cm³/mol. The molecule has 0 aromatic carbocycles. The third-order valence-corrected chi connectivity index (χ3v) is 4.49. The lowest BCUT2D eigenvalue weighted by Crippen LogP contribution is -2.43. The molecule has 0 bridgehead atoms. The van der Waals surface area contributed by atoms with Crippen LogP contribution in [0.3, 0.4) is 0 Å². The number of aromatic amines is 1. The fourth-order valence-electron chi connectivity index (χ4n) is 2.62. The van der Waals surface area contributed by atoms with E-state index in [0.29, 0.717) is 5.16 Å². The van der Waals surface area contributed by atoms with E-state index in [1.54, 1.807) is 6.26 Å². The maximum absolute atomic E-state index is 12.0. The Morgan fingerprint density at radius 3 is 2.84 bits per heavy atom. The Balaban J connectivity index is 2.00. The zero-order valence-electron chi connectivity index (χ0n) is 13.2. The van der Waals surface area contributed by atoms with Gasteiger partial charge < -0.3 is 24.8 Å². The van der Waals surface area contributed by atoms with Crippen LogP contribution in [0.25, 0.3) is 11.2 Å². The third-order valence-electron chi connectivity index (χ3n) is 3.91. The van der Waals surface area contributed by atoms with Crippen LogP contribution in [-0.2, 0) is 14.3 Å². The van der Waals surface area contributed by atoms with Crippen molar-refractivity contribution < 1.29 is 29.6 Å². The standard InChI is InChI=1S/C13H16N4O7S/c1-23-12(22)7(20)8-5(18)6(19)11(24-8)17-3-14-4-9(17)15-13(25-2)16-10(4)21/h3,5-8,11,18-20H,1-2H3,(H,15,16,21)/t5-,6+,7?,8-,11+/m0/s1. The van der Waals surface area contributed by atoms with E-state index in [1.807, 2.05) is 0 Å². The monoisotopic (exact) mass is 372 g/mol. The Kier molecular flexibility index (Phi) is 4.79. The Labute approximate surface area is 144 Å². The van der Waals surface area contributed by atoms with Gasteiger partial charge in [0, 0.05) is 0 Å². The van der Waals surface area contributed by atoms with Gasteiger partial charge in [0.2, 0.25) is 0 Å². The lowest BCUT2D eigenvalue weighted by atomic mass is 10.1. The van der Waals surface area contributed by atoms with E-state index in [9.17, 15) is 24.9 Å². The van der Waals surface area contributed by atoms with E-state index in [4.69, 9.17) is 4.74 Å². The molecule has 2 aromatic heterocycles. The number of nitrogens with one attached hydrogen (secondary N) is 1. The molecule has 3 heterocycles.